The molecule has 0 saturated carbocycles. The highest BCUT2D eigenvalue weighted by atomic mass is 32.2. The SMILES string of the molecule is CC(C(=O)N(C)C1CCS(=O)(=O)C1)N1CCC(NS(=O)(=O)c2ccccc2)CC1. The molecular weight excluding hydrogens is 414 g/mol. The van der Waals surface area contributed by atoms with Crippen LogP contribution in [0.15, 0.2) is 35.2 Å². The second kappa shape index (κ2) is 8.71. The predicted octanol–water partition coefficient (Wildman–Crippen LogP) is 0.463. The number of nitrogens with one attached hydrogen (secondary N) is 1. The second-order valence-electron chi connectivity index (χ2n) is 7.93. The fraction of sp³-hybridized carbons (Fsp3) is 0.632. The van der Waals surface area contributed by atoms with Crippen molar-refractivity contribution in [3.8, 4) is 0 Å². The molecule has 0 spiro atoms. The minimum Gasteiger partial charge on any atom is -0.340 e. The summed E-state index contributed by atoms with van der Waals surface area (Å²) in [5, 5.41) is 0. The van der Waals surface area contributed by atoms with Crippen LogP contribution in [0.3, 0.4) is 0 Å². The third-order valence-corrected chi connectivity index (χ3v) is 9.20. The molecule has 29 heavy (non-hydrogen) atoms. The summed E-state index contributed by atoms with van der Waals surface area (Å²) < 4.78 is 51.1. The van der Waals surface area contributed by atoms with Crippen molar-refractivity contribution in [2.75, 3.05) is 31.6 Å². The Morgan fingerprint density at radius 3 is 2.34 bits per heavy atom. The topological polar surface area (TPSA) is 104 Å². The molecule has 1 aromatic rings. The summed E-state index contributed by atoms with van der Waals surface area (Å²) in [6.07, 6.45) is 1.72. The van der Waals surface area contributed by atoms with Crippen molar-refractivity contribution in [2.24, 2.45) is 0 Å². The summed E-state index contributed by atoms with van der Waals surface area (Å²) in [6.45, 7) is 3.04. The van der Waals surface area contributed by atoms with E-state index in [1.165, 1.54) is 0 Å². The van der Waals surface area contributed by atoms with Crippen LogP contribution in [0.2, 0.25) is 0 Å². The quantitative estimate of drug-likeness (QED) is 0.685. The third-order valence-electron chi connectivity index (χ3n) is 5.91. The van der Waals surface area contributed by atoms with Crippen LogP contribution in [-0.2, 0) is 24.7 Å². The van der Waals surface area contributed by atoms with Crippen LogP contribution in [0.5, 0.6) is 0 Å². The first-order chi connectivity index (χ1) is 13.6. The largest absolute Gasteiger partial charge is 0.340 e. The molecule has 2 aliphatic rings. The number of piperidine rings is 1. The van der Waals surface area contributed by atoms with Crippen LogP contribution in [0.1, 0.15) is 26.2 Å². The van der Waals surface area contributed by atoms with E-state index in [0.717, 1.165) is 0 Å². The fourth-order valence-electron chi connectivity index (χ4n) is 4.00. The van der Waals surface area contributed by atoms with Gasteiger partial charge in [-0.05, 0) is 38.3 Å². The van der Waals surface area contributed by atoms with E-state index in [0.29, 0.717) is 32.4 Å². The highest BCUT2D eigenvalue weighted by molar-refractivity contribution is 7.91. The Morgan fingerprint density at radius 1 is 1.17 bits per heavy atom. The van der Waals surface area contributed by atoms with Crippen molar-refractivity contribution in [3.63, 3.8) is 0 Å². The zero-order valence-electron chi connectivity index (χ0n) is 16.8. The maximum absolute atomic E-state index is 12.8. The lowest BCUT2D eigenvalue weighted by Gasteiger charge is -2.37. The van der Waals surface area contributed by atoms with Gasteiger partial charge in [0.15, 0.2) is 9.84 Å². The summed E-state index contributed by atoms with van der Waals surface area (Å²) in [7, 11) is -4.92. The van der Waals surface area contributed by atoms with Crippen molar-refractivity contribution in [1.82, 2.24) is 14.5 Å². The molecule has 0 bridgehead atoms. The minimum absolute atomic E-state index is 0.0330. The molecule has 2 saturated heterocycles. The van der Waals surface area contributed by atoms with Gasteiger partial charge in [-0.15, -0.1) is 0 Å². The Hall–Kier alpha value is -1.49. The average Bonchev–Trinajstić information content (AvgIpc) is 3.07. The standard InChI is InChI=1S/C19H29N3O5S2/c1-15(19(23)21(2)17-10-13-28(24,25)14-17)22-11-8-16(9-12-22)20-29(26,27)18-6-4-3-5-7-18/h3-7,15-17,20H,8-14H2,1-2H3. The van der Waals surface area contributed by atoms with E-state index in [9.17, 15) is 21.6 Å². The number of likely N-dealkylation sites (N-methyl/N-ethyl adjacent to an activating group) is 1. The van der Waals surface area contributed by atoms with Crippen LogP contribution in [0.4, 0.5) is 0 Å². The van der Waals surface area contributed by atoms with Crippen LogP contribution in [0, 0.1) is 0 Å². The molecule has 2 aliphatic heterocycles. The van der Waals surface area contributed by atoms with E-state index in [1.807, 2.05) is 11.8 Å². The minimum atomic E-state index is -3.55. The number of benzene rings is 1. The number of likely N-dealkylation sites (tertiary alicyclic amines) is 1. The van der Waals surface area contributed by atoms with Crippen LogP contribution in [-0.4, -0.2) is 82.3 Å². The van der Waals surface area contributed by atoms with Crippen molar-refractivity contribution < 1.29 is 21.6 Å². The lowest BCUT2D eigenvalue weighted by molar-refractivity contribution is -0.137. The van der Waals surface area contributed by atoms with Crippen molar-refractivity contribution in [3.05, 3.63) is 30.3 Å². The van der Waals surface area contributed by atoms with E-state index in [4.69, 9.17) is 0 Å². The number of hydrogen-bond donors (Lipinski definition) is 1. The van der Waals surface area contributed by atoms with Crippen molar-refractivity contribution in [2.45, 2.75) is 49.2 Å². The van der Waals surface area contributed by atoms with Crippen molar-refractivity contribution in [1.29, 1.82) is 0 Å². The maximum atomic E-state index is 12.8. The smallest absolute Gasteiger partial charge is 0.240 e. The second-order valence-corrected chi connectivity index (χ2v) is 11.9. The summed E-state index contributed by atoms with van der Waals surface area (Å²) >= 11 is 0. The Morgan fingerprint density at radius 2 is 1.79 bits per heavy atom. The van der Waals surface area contributed by atoms with Gasteiger partial charge >= 0.3 is 0 Å². The van der Waals surface area contributed by atoms with Gasteiger partial charge < -0.3 is 4.90 Å². The molecule has 10 heteroatoms. The van der Waals surface area contributed by atoms with E-state index in [1.54, 1.807) is 42.3 Å². The molecule has 1 N–H and O–H groups in total. The Bertz CT molecular complexity index is 926. The molecule has 162 valence electrons. The molecule has 1 amide bonds. The highest BCUT2D eigenvalue weighted by Gasteiger charge is 2.36. The van der Waals surface area contributed by atoms with E-state index < -0.39 is 19.9 Å². The number of carbonyl (C=O) groups excluding carboxylic acids is 1. The van der Waals surface area contributed by atoms with Gasteiger partial charge in [-0.3, -0.25) is 9.69 Å². The molecule has 0 aliphatic carbocycles. The Labute approximate surface area is 173 Å². The van der Waals surface area contributed by atoms with Gasteiger partial charge in [0, 0.05) is 32.2 Å². The number of sulfone groups is 1. The number of sulfonamides is 1. The summed E-state index contributed by atoms with van der Waals surface area (Å²) in [5.41, 5.74) is 0. The molecule has 0 aromatic heterocycles. The monoisotopic (exact) mass is 443 g/mol. The molecule has 1 aromatic carbocycles. The molecule has 2 fully saturated rings. The summed E-state index contributed by atoms with van der Waals surface area (Å²) in [5.74, 6) is 0.0810. The molecular formula is C19H29N3O5S2. The van der Waals surface area contributed by atoms with Crippen LogP contribution < -0.4 is 4.72 Å². The molecule has 2 heterocycles. The van der Waals surface area contributed by atoms with Crippen LogP contribution in [0.25, 0.3) is 0 Å². The number of carbonyl (C=O) groups is 1. The first-order valence-electron chi connectivity index (χ1n) is 9.87. The van der Waals surface area contributed by atoms with E-state index >= 15 is 0 Å². The van der Waals surface area contributed by atoms with Gasteiger partial charge in [0.05, 0.1) is 22.4 Å². The Balaban J connectivity index is 1.53. The number of nitrogens with zero attached hydrogens (tertiary/aromatic N) is 2. The van der Waals surface area contributed by atoms with Crippen LogP contribution >= 0.6 is 0 Å². The number of rotatable bonds is 6. The van der Waals surface area contributed by atoms with Gasteiger partial charge in [0.2, 0.25) is 15.9 Å². The average molecular weight is 444 g/mol. The van der Waals surface area contributed by atoms with Gasteiger partial charge in [-0.2, -0.15) is 0 Å². The molecule has 2 unspecified atom stereocenters. The zero-order valence-corrected chi connectivity index (χ0v) is 18.5. The molecule has 8 nitrogen and oxygen atoms in total. The molecule has 2 atom stereocenters. The van der Waals surface area contributed by atoms with Gasteiger partial charge in [-0.25, -0.2) is 21.6 Å². The highest BCUT2D eigenvalue weighted by Crippen LogP contribution is 2.21. The lowest BCUT2D eigenvalue weighted by atomic mass is 10.0. The molecule has 3 rings (SSSR count). The van der Waals surface area contributed by atoms with E-state index in [2.05, 4.69) is 4.72 Å². The van der Waals surface area contributed by atoms with Crippen molar-refractivity contribution >= 4 is 25.8 Å². The first-order valence-corrected chi connectivity index (χ1v) is 13.2. The maximum Gasteiger partial charge on any atom is 0.240 e. The van der Waals surface area contributed by atoms with E-state index in [-0.39, 0.29) is 40.4 Å². The number of amides is 1. The van der Waals surface area contributed by atoms with Gasteiger partial charge in [0.25, 0.3) is 0 Å². The first kappa shape index (κ1) is 22.2. The molecule has 0 radical (unpaired) electrons. The lowest BCUT2D eigenvalue weighted by Crippen LogP contribution is -2.53. The summed E-state index contributed by atoms with van der Waals surface area (Å²) in [4.78, 5) is 16.7. The zero-order chi connectivity index (χ0) is 21.2. The van der Waals surface area contributed by atoms with Gasteiger partial charge in [0.1, 0.15) is 0 Å². The number of hydrogen-bond acceptors (Lipinski definition) is 6. The van der Waals surface area contributed by atoms with Gasteiger partial charge in [-0.1, -0.05) is 18.2 Å². The predicted molar refractivity (Wildman–Crippen MR) is 111 cm³/mol. The third kappa shape index (κ3) is 5.36. The fourth-order valence-corrected chi connectivity index (χ4v) is 7.10. The Kier molecular flexibility index (Phi) is 6.67. The normalized spacial score (nSPS) is 24.3. The summed E-state index contributed by atoms with van der Waals surface area (Å²) in [6, 6.07) is 7.49.